The molecular weight excluding hydrogens is 306 g/mol. The number of rotatable bonds is 3. The van der Waals surface area contributed by atoms with Crippen molar-refractivity contribution in [1.82, 2.24) is 20.2 Å². The molecule has 1 amide bonds. The molecule has 4 rings (SSSR count). The van der Waals surface area contributed by atoms with Crippen LogP contribution in [0.5, 0.6) is 0 Å². The van der Waals surface area contributed by atoms with Crippen LogP contribution in [0.15, 0.2) is 18.6 Å². The number of carbonyl (C=O) groups is 1. The number of nitrogens with one attached hydrogen (secondary N) is 1. The van der Waals surface area contributed by atoms with Crippen LogP contribution in [0.1, 0.15) is 12.8 Å². The second kappa shape index (κ2) is 6.64. The summed E-state index contributed by atoms with van der Waals surface area (Å²) in [5.74, 6) is 1.30. The van der Waals surface area contributed by atoms with Crippen molar-refractivity contribution in [3.63, 3.8) is 0 Å². The number of anilines is 1. The third-order valence-corrected chi connectivity index (χ3v) is 5.61. The van der Waals surface area contributed by atoms with Crippen LogP contribution < -0.4 is 10.2 Å². The van der Waals surface area contributed by atoms with Crippen molar-refractivity contribution in [2.75, 3.05) is 44.7 Å². The van der Waals surface area contributed by atoms with Gasteiger partial charge in [0.1, 0.15) is 12.1 Å². The Labute approximate surface area is 142 Å². The van der Waals surface area contributed by atoms with Crippen molar-refractivity contribution in [2.24, 2.45) is 11.8 Å². The fraction of sp³-hybridized carbons (Fsp3) is 0.706. The van der Waals surface area contributed by atoms with E-state index in [0.717, 1.165) is 44.8 Å². The van der Waals surface area contributed by atoms with Gasteiger partial charge in [0.05, 0.1) is 18.6 Å². The van der Waals surface area contributed by atoms with Gasteiger partial charge in [-0.2, -0.15) is 0 Å². The molecule has 130 valence electrons. The van der Waals surface area contributed by atoms with Gasteiger partial charge in [-0.1, -0.05) is 0 Å². The Morgan fingerprint density at radius 3 is 2.92 bits per heavy atom. The number of piperidine rings is 1. The molecular formula is C17H25N5O2. The van der Waals surface area contributed by atoms with Gasteiger partial charge in [0.2, 0.25) is 5.91 Å². The fourth-order valence-corrected chi connectivity index (χ4v) is 4.10. The molecule has 1 aromatic heterocycles. The number of amides is 1. The van der Waals surface area contributed by atoms with Gasteiger partial charge >= 0.3 is 0 Å². The first-order valence-electron chi connectivity index (χ1n) is 8.82. The lowest BCUT2D eigenvalue weighted by atomic mass is 9.91. The van der Waals surface area contributed by atoms with Crippen LogP contribution in [0.25, 0.3) is 0 Å². The Morgan fingerprint density at radius 1 is 1.33 bits per heavy atom. The molecule has 7 heteroatoms. The smallest absolute Gasteiger partial charge is 0.226 e. The monoisotopic (exact) mass is 331 g/mol. The Kier molecular flexibility index (Phi) is 4.37. The summed E-state index contributed by atoms with van der Waals surface area (Å²) in [5, 5.41) is 3.26. The molecule has 7 nitrogen and oxygen atoms in total. The van der Waals surface area contributed by atoms with E-state index in [1.165, 1.54) is 0 Å². The summed E-state index contributed by atoms with van der Waals surface area (Å²) in [6.45, 7) is 4.29. The maximum Gasteiger partial charge on any atom is 0.226 e. The van der Waals surface area contributed by atoms with Gasteiger partial charge in [0.25, 0.3) is 0 Å². The summed E-state index contributed by atoms with van der Waals surface area (Å²) in [7, 11) is 2.13. The van der Waals surface area contributed by atoms with Gasteiger partial charge in [-0.05, 0) is 39.0 Å². The number of hydrogen-bond acceptors (Lipinski definition) is 6. The van der Waals surface area contributed by atoms with Crippen molar-refractivity contribution < 1.29 is 9.53 Å². The van der Waals surface area contributed by atoms with E-state index in [1.54, 1.807) is 12.5 Å². The van der Waals surface area contributed by atoms with Crippen molar-refractivity contribution in [3.8, 4) is 0 Å². The highest BCUT2D eigenvalue weighted by Gasteiger charge is 2.47. The predicted molar refractivity (Wildman–Crippen MR) is 89.6 cm³/mol. The van der Waals surface area contributed by atoms with Crippen molar-refractivity contribution in [2.45, 2.75) is 25.0 Å². The SMILES string of the molecule is CN1CCC(NC(=O)[C@H]2CO[C@@H]3CN(c4ccncn4)C[C@H]23)CC1. The third-order valence-electron chi connectivity index (χ3n) is 5.61. The molecule has 24 heavy (non-hydrogen) atoms. The molecule has 3 aliphatic heterocycles. The molecule has 0 unspecified atom stereocenters. The number of fused-ring (bicyclic) bond motifs is 1. The van der Waals surface area contributed by atoms with Crippen molar-refractivity contribution in [1.29, 1.82) is 0 Å². The highest BCUT2D eigenvalue weighted by Crippen LogP contribution is 2.35. The molecule has 4 heterocycles. The zero-order chi connectivity index (χ0) is 16.5. The van der Waals surface area contributed by atoms with Crippen LogP contribution in [-0.2, 0) is 9.53 Å². The van der Waals surface area contributed by atoms with Gasteiger partial charge < -0.3 is 19.9 Å². The van der Waals surface area contributed by atoms with E-state index in [2.05, 4.69) is 32.1 Å². The molecule has 3 saturated heterocycles. The minimum absolute atomic E-state index is 0.0403. The van der Waals surface area contributed by atoms with Crippen molar-refractivity contribution in [3.05, 3.63) is 18.6 Å². The summed E-state index contributed by atoms with van der Waals surface area (Å²) in [4.78, 5) is 25.5. The molecule has 1 aromatic rings. The van der Waals surface area contributed by atoms with E-state index < -0.39 is 0 Å². The van der Waals surface area contributed by atoms with Gasteiger partial charge in [-0.15, -0.1) is 0 Å². The summed E-state index contributed by atoms with van der Waals surface area (Å²) in [6, 6.07) is 2.22. The molecule has 0 radical (unpaired) electrons. The summed E-state index contributed by atoms with van der Waals surface area (Å²) < 4.78 is 5.91. The van der Waals surface area contributed by atoms with Gasteiger partial charge in [-0.25, -0.2) is 9.97 Å². The maximum atomic E-state index is 12.7. The lowest BCUT2D eigenvalue weighted by molar-refractivity contribution is -0.126. The molecule has 0 aliphatic carbocycles. The highest BCUT2D eigenvalue weighted by molar-refractivity contribution is 5.80. The molecule has 1 N–H and O–H groups in total. The van der Waals surface area contributed by atoms with Crippen LogP contribution in [0.4, 0.5) is 5.82 Å². The van der Waals surface area contributed by atoms with E-state index in [1.807, 2.05) is 6.07 Å². The highest BCUT2D eigenvalue weighted by atomic mass is 16.5. The predicted octanol–water partition coefficient (Wildman–Crippen LogP) is 0.138. The molecule has 0 bridgehead atoms. The third kappa shape index (κ3) is 3.10. The van der Waals surface area contributed by atoms with Crippen LogP contribution >= 0.6 is 0 Å². The second-order valence-corrected chi connectivity index (χ2v) is 7.20. The first-order chi connectivity index (χ1) is 11.7. The lowest BCUT2D eigenvalue weighted by Gasteiger charge is -2.30. The average Bonchev–Trinajstić information content (AvgIpc) is 3.18. The number of likely N-dealkylation sites (tertiary alicyclic amines) is 1. The minimum atomic E-state index is -0.0403. The number of ether oxygens (including phenoxy) is 1. The van der Waals surface area contributed by atoms with Crippen LogP contribution in [0.2, 0.25) is 0 Å². The molecule has 3 fully saturated rings. The second-order valence-electron chi connectivity index (χ2n) is 7.20. The lowest BCUT2D eigenvalue weighted by Crippen LogP contribution is -2.46. The Hall–Kier alpha value is -1.73. The molecule has 0 aromatic carbocycles. The quantitative estimate of drug-likeness (QED) is 0.849. The number of aromatic nitrogens is 2. The summed E-state index contributed by atoms with van der Waals surface area (Å²) >= 11 is 0. The Balaban J connectivity index is 1.36. The van der Waals surface area contributed by atoms with E-state index in [-0.39, 0.29) is 23.8 Å². The Morgan fingerprint density at radius 2 is 2.17 bits per heavy atom. The largest absolute Gasteiger partial charge is 0.375 e. The van der Waals surface area contributed by atoms with Gasteiger partial charge in [0, 0.05) is 31.2 Å². The standard InChI is InChI=1S/C17H25N5O2/c1-21-6-3-12(4-7-21)20-17(23)14-10-24-15-9-22(8-13(14)15)16-2-5-18-11-19-16/h2,5,11-15H,3-4,6-10H2,1H3,(H,20,23)/t13-,14+,15-/m1/s1. The first-order valence-corrected chi connectivity index (χ1v) is 8.82. The topological polar surface area (TPSA) is 70.6 Å². The fourth-order valence-electron chi connectivity index (χ4n) is 4.10. The van der Waals surface area contributed by atoms with E-state index in [0.29, 0.717) is 12.6 Å². The van der Waals surface area contributed by atoms with Crippen molar-refractivity contribution >= 4 is 11.7 Å². The normalized spacial score (nSPS) is 31.2. The van der Waals surface area contributed by atoms with Crippen LogP contribution in [0, 0.1) is 11.8 Å². The minimum Gasteiger partial charge on any atom is -0.375 e. The van der Waals surface area contributed by atoms with Gasteiger partial charge in [-0.3, -0.25) is 4.79 Å². The molecule has 3 aliphatic rings. The molecule has 0 spiro atoms. The summed E-state index contributed by atoms with van der Waals surface area (Å²) in [6.07, 6.45) is 5.53. The van der Waals surface area contributed by atoms with E-state index >= 15 is 0 Å². The van der Waals surface area contributed by atoms with E-state index in [4.69, 9.17) is 4.74 Å². The molecule has 3 atom stereocenters. The van der Waals surface area contributed by atoms with Crippen LogP contribution in [0.3, 0.4) is 0 Å². The summed E-state index contributed by atoms with van der Waals surface area (Å²) in [5.41, 5.74) is 0. The number of carbonyl (C=O) groups excluding carboxylic acids is 1. The average molecular weight is 331 g/mol. The van der Waals surface area contributed by atoms with E-state index in [9.17, 15) is 4.79 Å². The molecule has 0 saturated carbocycles. The first kappa shape index (κ1) is 15.8. The van der Waals surface area contributed by atoms with Gasteiger partial charge in [0.15, 0.2) is 0 Å². The number of nitrogens with zero attached hydrogens (tertiary/aromatic N) is 4. The Bertz CT molecular complexity index is 576. The number of hydrogen-bond donors (Lipinski definition) is 1. The zero-order valence-corrected chi connectivity index (χ0v) is 14.1. The maximum absolute atomic E-state index is 12.7. The zero-order valence-electron chi connectivity index (χ0n) is 14.1. The van der Waals surface area contributed by atoms with Crippen LogP contribution in [-0.4, -0.2) is 72.8 Å².